The van der Waals surface area contributed by atoms with E-state index in [0.717, 1.165) is 17.1 Å². The summed E-state index contributed by atoms with van der Waals surface area (Å²) in [5.74, 6) is 0. The molecular formula is C6H10N2OS. The number of hydrogen-bond acceptors (Lipinski definition) is 4. The Hall–Kier alpha value is -0.480. The second kappa shape index (κ2) is 3.63. The summed E-state index contributed by atoms with van der Waals surface area (Å²) >= 11 is 1.56. The van der Waals surface area contributed by atoms with Gasteiger partial charge in [0.15, 0.2) is 5.09 Å². The maximum absolute atomic E-state index is 5.36. The van der Waals surface area contributed by atoms with E-state index in [-0.39, 0.29) is 0 Å². The van der Waals surface area contributed by atoms with E-state index in [0.29, 0.717) is 6.54 Å². The van der Waals surface area contributed by atoms with Crippen LogP contribution in [0.2, 0.25) is 0 Å². The van der Waals surface area contributed by atoms with E-state index < -0.39 is 0 Å². The Labute approximate surface area is 64.0 Å². The minimum atomic E-state index is 0.648. The summed E-state index contributed by atoms with van der Waals surface area (Å²) in [7, 11) is 0. The third-order valence-electron chi connectivity index (χ3n) is 1.21. The van der Waals surface area contributed by atoms with E-state index in [4.69, 9.17) is 10.3 Å². The maximum atomic E-state index is 5.36. The highest BCUT2D eigenvalue weighted by Crippen LogP contribution is 2.19. The van der Waals surface area contributed by atoms with Gasteiger partial charge in [0.05, 0.1) is 6.20 Å². The van der Waals surface area contributed by atoms with Gasteiger partial charge < -0.3 is 10.3 Å². The van der Waals surface area contributed by atoms with Crippen LogP contribution in [0.25, 0.3) is 0 Å². The quantitative estimate of drug-likeness (QED) is 0.664. The zero-order valence-electron chi connectivity index (χ0n) is 5.83. The van der Waals surface area contributed by atoms with E-state index in [2.05, 4.69) is 5.16 Å². The first kappa shape index (κ1) is 7.63. The molecule has 1 aromatic heterocycles. The van der Waals surface area contributed by atoms with E-state index >= 15 is 0 Å². The first-order chi connectivity index (χ1) is 4.88. The molecule has 0 spiro atoms. The Balaban J connectivity index is 2.70. The van der Waals surface area contributed by atoms with Crippen molar-refractivity contribution < 1.29 is 4.52 Å². The van der Waals surface area contributed by atoms with Crippen LogP contribution in [-0.4, -0.2) is 18.0 Å². The van der Waals surface area contributed by atoms with Gasteiger partial charge in [-0.25, -0.2) is 0 Å². The summed E-state index contributed by atoms with van der Waals surface area (Å²) < 4.78 is 4.92. The third kappa shape index (κ3) is 1.52. The molecule has 0 bridgehead atoms. The van der Waals surface area contributed by atoms with Gasteiger partial charge in [-0.05, 0) is 19.2 Å². The van der Waals surface area contributed by atoms with Crippen molar-refractivity contribution in [1.82, 2.24) is 5.16 Å². The summed E-state index contributed by atoms with van der Waals surface area (Å²) in [4.78, 5) is 0. The molecule has 0 aliphatic carbocycles. The van der Waals surface area contributed by atoms with Gasteiger partial charge >= 0.3 is 0 Å². The Morgan fingerprint density at radius 2 is 2.60 bits per heavy atom. The smallest absolute Gasteiger partial charge is 0.196 e. The standard InChI is InChI=1S/C6H10N2OS/c1-10-6-5(2-3-7)4-8-9-6/h4H,2-3,7H2,1H3. The molecule has 0 atom stereocenters. The van der Waals surface area contributed by atoms with Gasteiger partial charge in [-0.3, -0.25) is 0 Å². The molecule has 0 unspecified atom stereocenters. The molecule has 0 radical (unpaired) electrons. The Morgan fingerprint density at radius 1 is 1.80 bits per heavy atom. The molecule has 0 saturated carbocycles. The second-order valence-electron chi connectivity index (χ2n) is 1.88. The molecule has 3 nitrogen and oxygen atoms in total. The summed E-state index contributed by atoms with van der Waals surface area (Å²) in [5, 5.41) is 4.54. The van der Waals surface area contributed by atoms with Crippen LogP contribution in [0, 0.1) is 0 Å². The van der Waals surface area contributed by atoms with Crippen molar-refractivity contribution in [3.8, 4) is 0 Å². The number of thioether (sulfide) groups is 1. The largest absolute Gasteiger partial charge is 0.350 e. The van der Waals surface area contributed by atoms with E-state index in [1.54, 1.807) is 18.0 Å². The molecule has 0 saturated heterocycles. The molecular weight excluding hydrogens is 148 g/mol. The van der Waals surface area contributed by atoms with Crippen LogP contribution in [0.15, 0.2) is 15.8 Å². The first-order valence-electron chi connectivity index (χ1n) is 3.06. The lowest BCUT2D eigenvalue weighted by Gasteiger charge is -1.92. The minimum absolute atomic E-state index is 0.648. The number of aromatic nitrogens is 1. The van der Waals surface area contributed by atoms with E-state index in [1.165, 1.54) is 0 Å². The molecule has 10 heavy (non-hydrogen) atoms. The Kier molecular flexibility index (Phi) is 2.77. The highest BCUT2D eigenvalue weighted by atomic mass is 32.2. The number of hydrogen-bond donors (Lipinski definition) is 1. The molecule has 1 heterocycles. The van der Waals surface area contributed by atoms with Crippen molar-refractivity contribution in [1.29, 1.82) is 0 Å². The van der Waals surface area contributed by atoms with Crippen LogP contribution in [-0.2, 0) is 6.42 Å². The molecule has 4 heteroatoms. The molecule has 56 valence electrons. The van der Waals surface area contributed by atoms with Crippen LogP contribution in [0.4, 0.5) is 0 Å². The first-order valence-corrected chi connectivity index (χ1v) is 4.28. The van der Waals surface area contributed by atoms with Gasteiger partial charge in [0.2, 0.25) is 0 Å². The van der Waals surface area contributed by atoms with Crippen LogP contribution < -0.4 is 5.73 Å². The topological polar surface area (TPSA) is 52.0 Å². The molecule has 1 rings (SSSR count). The van der Waals surface area contributed by atoms with Crippen LogP contribution >= 0.6 is 11.8 Å². The fraction of sp³-hybridized carbons (Fsp3) is 0.500. The van der Waals surface area contributed by atoms with Crippen LogP contribution in [0.1, 0.15) is 5.56 Å². The van der Waals surface area contributed by atoms with Crippen molar-refractivity contribution in [2.24, 2.45) is 5.73 Å². The fourth-order valence-electron chi connectivity index (χ4n) is 0.740. The third-order valence-corrected chi connectivity index (χ3v) is 1.91. The highest BCUT2D eigenvalue weighted by Gasteiger charge is 2.03. The molecule has 1 aromatic rings. The zero-order valence-corrected chi connectivity index (χ0v) is 6.65. The molecule has 0 aliphatic rings. The number of nitrogens with two attached hydrogens (primary N) is 1. The van der Waals surface area contributed by atoms with Crippen LogP contribution in [0.3, 0.4) is 0 Å². The highest BCUT2D eigenvalue weighted by molar-refractivity contribution is 7.98. The SMILES string of the molecule is CSc1oncc1CCN. The Bertz CT molecular complexity index is 199. The van der Waals surface area contributed by atoms with Crippen molar-refractivity contribution in [3.63, 3.8) is 0 Å². The summed E-state index contributed by atoms with van der Waals surface area (Å²) in [5.41, 5.74) is 6.47. The van der Waals surface area contributed by atoms with E-state index in [1.807, 2.05) is 6.26 Å². The van der Waals surface area contributed by atoms with Gasteiger partial charge in [-0.2, -0.15) is 0 Å². The Morgan fingerprint density at radius 3 is 3.20 bits per heavy atom. The lowest BCUT2D eigenvalue weighted by molar-refractivity contribution is 0.347. The molecule has 0 amide bonds. The minimum Gasteiger partial charge on any atom is -0.350 e. The van der Waals surface area contributed by atoms with Crippen LogP contribution in [0.5, 0.6) is 0 Å². The van der Waals surface area contributed by atoms with Gasteiger partial charge in [0.25, 0.3) is 0 Å². The predicted octanol–water partition coefficient (Wildman–Crippen LogP) is 0.898. The van der Waals surface area contributed by atoms with Crippen molar-refractivity contribution in [3.05, 3.63) is 11.8 Å². The maximum Gasteiger partial charge on any atom is 0.196 e. The van der Waals surface area contributed by atoms with Gasteiger partial charge in [0, 0.05) is 5.56 Å². The summed E-state index contributed by atoms with van der Waals surface area (Å²) in [6.07, 6.45) is 4.53. The lowest BCUT2D eigenvalue weighted by Crippen LogP contribution is -2.02. The van der Waals surface area contributed by atoms with Crippen molar-refractivity contribution in [2.75, 3.05) is 12.8 Å². The lowest BCUT2D eigenvalue weighted by atomic mass is 10.3. The second-order valence-corrected chi connectivity index (χ2v) is 2.66. The molecule has 0 fully saturated rings. The van der Waals surface area contributed by atoms with Gasteiger partial charge in [0.1, 0.15) is 0 Å². The average molecular weight is 158 g/mol. The van der Waals surface area contributed by atoms with Gasteiger partial charge in [-0.1, -0.05) is 16.9 Å². The average Bonchev–Trinajstić information content (AvgIpc) is 2.36. The zero-order chi connectivity index (χ0) is 7.40. The fourth-order valence-corrected chi connectivity index (χ4v) is 1.27. The normalized spacial score (nSPS) is 10.2. The van der Waals surface area contributed by atoms with E-state index in [9.17, 15) is 0 Å². The molecule has 0 aromatic carbocycles. The number of rotatable bonds is 3. The summed E-state index contributed by atoms with van der Waals surface area (Å²) in [6.45, 7) is 0.648. The van der Waals surface area contributed by atoms with Crippen molar-refractivity contribution in [2.45, 2.75) is 11.5 Å². The molecule has 0 aliphatic heterocycles. The summed E-state index contributed by atoms with van der Waals surface area (Å²) in [6, 6.07) is 0. The van der Waals surface area contributed by atoms with Crippen molar-refractivity contribution >= 4 is 11.8 Å². The predicted molar refractivity (Wildman–Crippen MR) is 41.0 cm³/mol. The number of nitrogens with zero attached hydrogens (tertiary/aromatic N) is 1. The van der Waals surface area contributed by atoms with Gasteiger partial charge in [-0.15, -0.1) is 0 Å². The molecule has 2 N–H and O–H groups in total. The monoisotopic (exact) mass is 158 g/mol.